The summed E-state index contributed by atoms with van der Waals surface area (Å²) in [6.07, 6.45) is -2.98. The summed E-state index contributed by atoms with van der Waals surface area (Å²) in [5.41, 5.74) is -0.678. The van der Waals surface area contributed by atoms with E-state index < -0.39 is 17.6 Å². The first-order chi connectivity index (χ1) is 9.39. The minimum Gasteiger partial charge on any atom is -0.274 e. The third-order valence-corrected chi connectivity index (χ3v) is 2.62. The van der Waals surface area contributed by atoms with Crippen LogP contribution >= 0.6 is 0 Å². The van der Waals surface area contributed by atoms with Gasteiger partial charge in [-0.2, -0.15) is 13.2 Å². The number of amides is 1. The van der Waals surface area contributed by atoms with Crippen molar-refractivity contribution in [1.29, 1.82) is 0 Å². The average Bonchev–Trinajstić information content (AvgIpc) is 2.39. The molecule has 0 aliphatic carbocycles. The minimum absolute atomic E-state index is 0.131. The average molecular weight is 280 g/mol. The lowest BCUT2D eigenvalue weighted by atomic mass is 10.1. The third kappa shape index (κ3) is 2.96. The van der Waals surface area contributed by atoms with E-state index in [0.717, 1.165) is 17.0 Å². The molecule has 1 aromatic heterocycles. The number of aromatic nitrogens is 1. The van der Waals surface area contributed by atoms with Gasteiger partial charge in [0, 0.05) is 13.1 Å². The van der Waals surface area contributed by atoms with Gasteiger partial charge in [-0.1, -0.05) is 12.1 Å². The molecule has 3 nitrogen and oxygen atoms in total. The van der Waals surface area contributed by atoms with E-state index >= 15 is 0 Å². The van der Waals surface area contributed by atoms with Crippen molar-refractivity contribution in [2.24, 2.45) is 0 Å². The normalized spacial score (nSPS) is 11.2. The van der Waals surface area contributed by atoms with Crippen molar-refractivity contribution in [3.8, 4) is 0 Å². The second kappa shape index (κ2) is 5.32. The number of pyridine rings is 1. The van der Waals surface area contributed by atoms with E-state index in [-0.39, 0.29) is 11.5 Å². The molecule has 2 rings (SSSR count). The number of halogens is 3. The first kappa shape index (κ1) is 14.0. The van der Waals surface area contributed by atoms with Crippen molar-refractivity contribution in [3.63, 3.8) is 0 Å². The van der Waals surface area contributed by atoms with Gasteiger partial charge in [-0.3, -0.25) is 9.69 Å². The topological polar surface area (TPSA) is 33.2 Å². The third-order valence-electron chi connectivity index (χ3n) is 2.62. The molecule has 104 valence electrons. The number of carbonyl (C=O) groups excluding carboxylic acids is 1. The first-order valence-corrected chi connectivity index (χ1v) is 5.78. The molecule has 0 fully saturated rings. The van der Waals surface area contributed by atoms with Crippen molar-refractivity contribution >= 4 is 17.4 Å². The van der Waals surface area contributed by atoms with Crippen molar-refractivity contribution < 1.29 is 18.0 Å². The molecule has 0 aliphatic heterocycles. The number of alkyl halides is 3. The van der Waals surface area contributed by atoms with E-state index in [9.17, 15) is 18.0 Å². The maximum absolute atomic E-state index is 12.7. The van der Waals surface area contributed by atoms with E-state index in [1.165, 1.54) is 25.3 Å². The minimum atomic E-state index is -4.46. The molecule has 0 bridgehead atoms. The SMILES string of the molecule is CC(=O)N(c1cccc(C(F)(F)F)c1)c1ccccn1. The summed E-state index contributed by atoms with van der Waals surface area (Å²) in [6.45, 7) is 1.27. The molecule has 1 aromatic carbocycles. The molecule has 1 amide bonds. The molecule has 6 heteroatoms. The zero-order valence-electron chi connectivity index (χ0n) is 10.6. The van der Waals surface area contributed by atoms with Crippen LogP contribution in [0.4, 0.5) is 24.7 Å². The molecule has 0 unspecified atom stereocenters. The monoisotopic (exact) mass is 280 g/mol. The fourth-order valence-electron chi connectivity index (χ4n) is 1.78. The van der Waals surface area contributed by atoms with Crippen LogP contribution in [0.1, 0.15) is 12.5 Å². The molecule has 0 spiro atoms. The Hall–Kier alpha value is -2.37. The molecule has 2 aromatic rings. The number of rotatable bonds is 2. The van der Waals surface area contributed by atoms with Crippen LogP contribution < -0.4 is 4.90 Å². The van der Waals surface area contributed by atoms with E-state index in [0.29, 0.717) is 0 Å². The largest absolute Gasteiger partial charge is 0.416 e. The van der Waals surface area contributed by atoms with Gasteiger partial charge in [0.2, 0.25) is 5.91 Å². The predicted molar refractivity (Wildman–Crippen MR) is 68.5 cm³/mol. The number of hydrogen-bond donors (Lipinski definition) is 0. The Kier molecular flexibility index (Phi) is 3.74. The Labute approximate surface area is 113 Å². The highest BCUT2D eigenvalue weighted by Gasteiger charge is 2.31. The van der Waals surface area contributed by atoms with Crippen LogP contribution in [0.3, 0.4) is 0 Å². The number of anilines is 2. The Morgan fingerprint density at radius 3 is 2.45 bits per heavy atom. The van der Waals surface area contributed by atoms with Crippen molar-refractivity contribution in [2.75, 3.05) is 4.90 Å². The molecule has 0 saturated heterocycles. The maximum atomic E-state index is 12.7. The van der Waals surface area contributed by atoms with Gasteiger partial charge in [0.05, 0.1) is 11.3 Å². The second-order valence-corrected chi connectivity index (χ2v) is 4.09. The van der Waals surface area contributed by atoms with Crippen LogP contribution in [0, 0.1) is 0 Å². The summed E-state index contributed by atoms with van der Waals surface area (Å²) in [7, 11) is 0. The smallest absolute Gasteiger partial charge is 0.274 e. The number of nitrogens with zero attached hydrogens (tertiary/aromatic N) is 2. The summed E-state index contributed by atoms with van der Waals surface area (Å²) < 4.78 is 38.1. The molecule has 0 atom stereocenters. The lowest BCUT2D eigenvalue weighted by Crippen LogP contribution is -2.24. The van der Waals surface area contributed by atoms with Crippen LogP contribution in [0.25, 0.3) is 0 Å². The fourth-order valence-corrected chi connectivity index (χ4v) is 1.78. The molecule has 20 heavy (non-hydrogen) atoms. The highest BCUT2D eigenvalue weighted by molar-refractivity contribution is 5.98. The second-order valence-electron chi connectivity index (χ2n) is 4.09. The highest BCUT2D eigenvalue weighted by atomic mass is 19.4. The van der Waals surface area contributed by atoms with Crippen molar-refractivity contribution in [2.45, 2.75) is 13.1 Å². The molecule has 0 N–H and O–H groups in total. The summed E-state index contributed by atoms with van der Waals surface area (Å²) in [5.74, 6) is -0.137. The number of hydrogen-bond acceptors (Lipinski definition) is 2. The lowest BCUT2D eigenvalue weighted by molar-refractivity contribution is -0.137. The van der Waals surface area contributed by atoms with Gasteiger partial charge in [0.25, 0.3) is 0 Å². The lowest BCUT2D eigenvalue weighted by Gasteiger charge is -2.21. The zero-order valence-corrected chi connectivity index (χ0v) is 10.6. The molecule has 1 heterocycles. The highest BCUT2D eigenvalue weighted by Crippen LogP contribution is 2.33. The molecular weight excluding hydrogens is 269 g/mol. The van der Waals surface area contributed by atoms with Gasteiger partial charge < -0.3 is 0 Å². The van der Waals surface area contributed by atoms with Gasteiger partial charge in [-0.15, -0.1) is 0 Å². The van der Waals surface area contributed by atoms with E-state index in [1.807, 2.05) is 0 Å². The first-order valence-electron chi connectivity index (χ1n) is 5.78. The Bertz CT molecular complexity index is 611. The van der Waals surface area contributed by atoms with Gasteiger partial charge in [-0.05, 0) is 30.3 Å². The zero-order chi connectivity index (χ0) is 14.8. The molecule has 0 radical (unpaired) electrons. The van der Waals surface area contributed by atoms with Crippen molar-refractivity contribution in [1.82, 2.24) is 4.98 Å². The fraction of sp³-hybridized carbons (Fsp3) is 0.143. The quantitative estimate of drug-likeness (QED) is 0.838. The van der Waals surface area contributed by atoms with Crippen LogP contribution in [-0.2, 0) is 11.0 Å². The number of benzene rings is 1. The van der Waals surface area contributed by atoms with E-state index in [2.05, 4.69) is 4.98 Å². The van der Waals surface area contributed by atoms with Gasteiger partial charge in [0.15, 0.2) is 0 Å². The molecule has 0 saturated carbocycles. The van der Waals surface area contributed by atoms with E-state index in [4.69, 9.17) is 0 Å². The maximum Gasteiger partial charge on any atom is 0.416 e. The van der Waals surface area contributed by atoms with E-state index in [1.54, 1.807) is 18.2 Å². The van der Waals surface area contributed by atoms with Crippen LogP contribution in [0.2, 0.25) is 0 Å². The summed E-state index contributed by atoms with van der Waals surface area (Å²) in [4.78, 5) is 16.8. The molecule has 0 aliphatic rings. The van der Waals surface area contributed by atoms with Crippen LogP contribution in [0.15, 0.2) is 48.7 Å². The predicted octanol–water partition coefficient (Wildman–Crippen LogP) is 3.79. The van der Waals surface area contributed by atoms with Gasteiger partial charge in [0.1, 0.15) is 5.82 Å². The van der Waals surface area contributed by atoms with Gasteiger partial charge in [-0.25, -0.2) is 4.98 Å². The Morgan fingerprint density at radius 2 is 1.90 bits per heavy atom. The summed E-state index contributed by atoms with van der Waals surface area (Å²) in [5, 5.41) is 0. The summed E-state index contributed by atoms with van der Waals surface area (Å²) in [6, 6.07) is 9.46. The summed E-state index contributed by atoms with van der Waals surface area (Å²) >= 11 is 0. The van der Waals surface area contributed by atoms with Crippen LogP contribution in [-0.4, -0.2) is 10.9 Å². The van der Waals surface area contributed by atoms with Crippen molar-refractivity contribution in [3.05, 3.63) is 54.2 Å². The standard InChI is InChI=1S/C14H11F3N2O/c1-10(20)19(13-7-2-3-8-18-13)12-6-4-5-11(9-12)14(15,16)17/h2-9H,1H3. The number of carbonyl (C=O) groups is 1. The van der Waals surface area contributed by atoms with Crippen LogP contribution in [0.5, 0.6) is 0 Å². The Morgan fingerprint density at radius 1 is 1.15 bits per heavy atom. The van der Waals surface area contributed by atoms with Gasteiger partial charge >= 0.3 is 6.18 Å². The Balaban J connectivity index is 2.49. The molecular formula is C14H11F3N2O.